The maximum atomic E-state index is 14.4. The van der Waals surface area contributed by atoms with Gasteiger partial charge >= 0.3 is 6.09 Å². The molecule has 4 aliphatic rings. The Hall–Kier alpha value is -4.40. The Kier molecular flexibility index (Phi) is 10.2. The van der Waals surface area contributed by atoms with Crippen molar-refractivity contribution in [2.24, 2.45) is 5.92 Å². The first-order valence-corrected chi connectivity index (χ1v) is 19.2. The average Bonchev–Trinajstić information content (AvgIpc) is 3.99. The molecule has 1 aromatic carbocycles. The minimum atomic E-state index is -3.88. The molecule has 2 aliphatic heterocycles. The van der Waals surface area contributed by atoms with Gasteiger partial charge in [0.15, 0.2) is 0 Å². The number of aromatic nitrogens is 1. The van der Waals surface area contributed by atoms with Gasteiger partial charge in [0.05, 0.1) is 18.9 Å². The van der Waals surface area contributed by atoms with E-state index in [0.29, 0.717) is 49.1 Å². The Morgan fingerprint density at radius 1 is 1.08 bits per heavy atom. The molecule has 1 saturated heterocycles. The van der Waals surface area contributed by atoms with E-state index in [-0.39, 0.29) is 19.4 Å². The number of sulfonamides is 1. The van der Waals surface area contributed by atoms with Gasteiger partial charge in [-0.3, -0.25) is 19.1 Å². The van der Waals surface area contributed by atoms with Crippen molar-refractivity contribution in [3.05, 3.63) is 42.6 Å². The highest BCUT2D eigenvalue weighted by molar-refractivity contribution is 7.91. The minimum absolute atomic E-state index is 0.00374. The second kappa shape index (κ2) is 14.3. The fraction of sp³-hybridized carbons (Fsp3) is 0.583. The molecule has 1 aromatic heterocycles. The maximum absolute atomic E-state index is 14.4. The molecule has 276 valence electrons. The summed E-state index contributed by atoms with van der Waals surface area (Å²) in [5.41, 5.74) is -2.29. The fourth-order valence-corrected chi connectivity index (χ4v) is 8.17. The van der Waals surface area contributed by atoms with Gasteiger partial charge in [0.2, 0.25) is 27.7 Å². The predicted octanol–water partition coefficient (Wildman–Crippen LogP) is 3.49. The zero-order valence-corrected chi connectivity index (χ0v) is 30.3. The summed E-state index contributed by atoms with van der Waals surface area (Å²) in [6.45, 7) is 5.18. The largest absolute Gasteiger partial charge is 0.497 e. The molecule has 2 saturated carbocycles. The van der Waals surface area contributed by atoms with E-state index in [9.17, 15) is 27.6 Å². The zero-order valence-electron chi connectivity index (χ0n) is 29.5. The van der Waals surface area contributed by atoms with Crippen molar-refractivity contribution in [2.45, 2.75) is 113 Å². The average molecular weight is 726 g/mol. The molecule has 2 aromatic rings. The highest BCUT2D eigenvalue weighted by Crippen LogP contribution is 2.46. The summed E-state index contributed by atoms with van der Waals surface area (Å²) in [4.78, 5) is 61.1. The Balaban J connectivity index is 1.30. The number of nitrogens with one attached hydrogen (secondary N) is 3. The minimum Gasteiger partial charge on any atom is -0.497 e. The van der Waals surface area contributed by atoms with Crippen molar-refractivity contribution in [1.29, 1.82) is 0 Å². The number of amides is 4. The van der Waals surface area contributed by atoms with E-state index in [1.54, 1.807) is 40.1 Å². The SMILES string of the molecule is COc1ccc2c(OC3CC4C(=O)NC5(C(=O)NS(=O)(=O)C6CC6)CC5/C=C/CCCCCC(NC(=O)OC(C)(C)C)C(=O)N4C3)nccc2c1. The first kappa shape index (κ1) is 36.4. The van der Waals surface area contributed by atoms with E-state index >= 15 is 0 Å². The number of fused-ring (bicyclic) bond motifs is 3. The van der Waals surface area contributed by atoms with Crippen molar-refractivity contribution in [2.75, 3.05) is 13.7 Å². The number of ether oxygens (including phenoxy) is 3. The lowest BCUT2D eigenvalue weighted by Crippen LogP contribution is -2.58. The predicted molar refractivity (Wildman–Crippen MR) is 187 cm³/mol. The number of hydrogen-bond acceptors (Lipinski definition) is 10. The molecule has 0 bridgehead atoms. The Bertz CT molecular complexity index is 1820. The van der Waals surface area contributed by atoms with Gasteiger partial charge in [-0.1, -0.05) is 25.0 Å². The first-order chi connectivity index (χ1) is 24.2. The van der Waals surface area contributed by atoms with E-state index in [2.05, 4.69) is 20.3 Å². The number of carbonyl (C=O) groups excluding carboxylic acids is 4. The molecule has 2 aliphatic carbocycles. The van der Waals surface area contributed by atoms with Gasteiger partial charge in [0.1, 0.15) is 35.1 Å². The summed E-state index contributed by atoms with van der Waals surface area (Å²) in [5, 5.41) is 6.51. The van der Waals surface area contributed by atoms with Crippen molar-refractivity contribution in [3.63, 3.8) is 0 Å². The normalized spacial score (nSPS) is 27.9. The first-order valence-electron chi connectivity index (χ1n) is 17.6. The van der Waals surface area contributed by atoms with Crippen LogP contribution < -0.4 is 24.8 Å². The van der Waals surface area contributed by atoms with Gasteiger partial charge in [-0.25, -0.2) is 18.2 Å². The maximum Gasteiger partial charge on any atom is 0.408 e. The number of hydrogen-bond donors (Lipinski definition) is 3. The molecular formula is C36H47N5O9S. The molecule has 5 atom stereocenters. The van der Waals surface area contributed by atoms with Crippen LogP contribution in [0.3, 0.4) is 0 Å². The van der Waals surface area contributed by atoms with Crippen LogP contribution in [0.5, 0.6) is 11.6 Å². The lowest BCUT2D eigenvalue weighted by molar-refractivity contribution is -0.141. The Morgan fingerprint density at radius 3 is 2.59 bits per heavy atom. The summed E-state index contributed by atoms with van der Waals surface area (Å²) in [6.07, 6.45) is 8.41. The molecule has 0 radical (unpaired) electrons. The fourth-order valence-electron chi connectivity index (χ4n) is 6.80. The molecule has 3 fully saturated rings. The van der Waals surface area contributed by atoms with Gasteiger partial charge in [-0.2, -0.15) is 0 Å². The van der Waals surface area contributed by atoms with Crippen LogP contribution in [0.4, 0.5) is 4.79 Å². The molecule has 14 nitrogen and oxygen atoms in total. The Morgan fingerprint density at radius 2 is 1.86 bits per heavy atom. The van der Waals surface area contributed by atoms with Gasteiger partial charge in [-0.15, -0.1) is 0 Å². The van der Waals surface area contributed by atoms with Crippen LogP contribution in [0.25, 0.3) is 10.8 Å². The van der Waals surface area contributed by atoms with Crippen LogP contribution in [0.2, 0.25) is 0 Å². The second-order valence-corrected chi connectivity index (χ2v) is 16.9. The molecule has 3 N–H and O–H groups in total. The van der Waals surface area contributed by atoms with Gasteiger partial charge in [-0.05, 0) is 88.9 Å². The topological polar surface area (TPSA) is 182 Å². The lowest BCUT2D eigenvalue weighted by Gasteiger charge is -2.30. The molecule has 15 heteroatoms. The molecule has 5 unspecified atom stereocenters. The smallest absolute Gasteiger partial charge is 0.408 e. The summed E-state index contributed by atoms with van der Waals surface area (Å²) in [7, 11) is -2.31. The van der Waals surface area contributed by atoms with Gasteiger partial charge in [0.25, 0.3) is 5.91 Å². The summed E-state index contributed by atoms with van der Waals surface area (Å²) in [6, 6.07) is 5.19. The number of methoxy groups -OCH3 is 1. The third kappa shape index (κ3) is 8.40. The van der Waals surface area contributed by atoms with Crippen LogP contribution >= 0.6 is 0 Å². The van der Waals surface area contributed by atoms with E-state index in [1.165, 1.54) is 4.90 Å². The van der Waals surface area contributed by atoms with E-state index in [0.717, 1.165) is 18.2 Å². The highest BCUT2D eigenvalue weighted by atomic mass is 32.2. The Labute approximate surface area is 298 Å². The number of rotatable bonds is 7. The van der Waals surface area contributed by atoms with Gasteiger partial charge in [0, 0.05) is 23.9 Å². The van der Waals surface area contributed by atoms with Crippen molar-refractivity contribution in [1.82, 2.24) is 25.2 Å². The molecule has 4 amide bonds. The van der Waals surface area contributed by atoms with Crippen LogP contribution in [0.15, 0.2) is 42.6 Å². The highest BCUT2D eigenvalue weighted by Gasteiger charge is 2.62. The van der Waals surface area contributed by atoms with Gasteiger partial charge < -0.3 is 29.7 Å². The summed E-state index contributed by atoms with van der Waals surface area (Å²) in [5.74, 6) is -1.34. The number of nitrogens with zero attached hydrogens (tertiary/aromatic N) is 2. The third-order valence-electron chi connectivity index (χ3n) is 9.75. The monoisotopic (exact) mass is 725 g/mol. The van der Waals surface area contributed by atoms with Crippen molar-refractivity contribution in [3.8, 4) is 11.6 Å². The quantitative estimate of drug-likeness (QED) is 0.358. The van der Waals surface area contributed by atoms with Crippen molar-refractivity contribution < 1.29 is 41.8 Å². The van der Waals surface area contributed by atoms with Crippen LogP contribution in [-0.2, 0) is 29.1 Å². The standard InChI is InChI=1S/C36H47N5O9S/c1-35(2,3)50-34(45)38-28-11-9-7-5-6-8-10-23-20-36(23,33(44)40-51(46,47)26-13-14-26)39-30(42)29-19-25(21-41(29)32(28)43)49-31-27-15-12-24(48-4)18-22(27)16-17-37-31/h8,10,12,15-18,23,25-26,28-29H,5-7,9,11,13-14,19-21H2,1-4H3,(H,38,45)(H,39,42)(H,40,44)/b10-8+. The van der Waals surface area contributed by atoms with Crippen LogP contribution in [0, 0.1) is 5.92 Å². The molecule has 0 spiro atoms. The van der Waals surface area contributed by atoms with Crippen LogP contribution in [-0.4, -0.2) is 90.3 Å². The van der Waals surface area contributed by atoms with Crippen LogP contribution in [0.1, 0.15) is 78.6 Å². The molecule has 6 rings (SSSR count). The van der Waals surface area contributed by atoms with E-state index < -0.39 is 74.3 Å². The van der Waals surface area contributed by atoms with Crippen molar-refractivity contribution >= 4 is 44.6 Å². The lowest BCUT2D eigenvalue weighted by atomic mass is 10.0. The number of benzene rings is 1. The zero-order chi connectivity index (χ0) is 36.6. The van der Waals surface area contributed by atoms with E-state index in [1.807, 2.05) is 30.4 Å². The second-order valence-electron chi connectivity index (χ2n) is 14.9. The number of allylic oxidation sites excluding steroid dienone is 1. The number of carbonyl (C=O) groups is 4. The van der Waals surface area contributed by atoms with E-state index in [4.69, 9.17) is 14.2 Å². The molecule has 3 heterocycles. The third-order valence-corrected chi connectivity index (χ3v) is 11.6. The summed E-state index contributed by atoms with van der Waals surface area (Å²) < 4.78 is 45.0. The summed E-state index contributed by atoms with van der Waals surface area (Å²) >= 11 is 0. The molecular weight excluding hydrogens is 678 g/mol. The number of pyridine rings is 1. The number of alkyl carbamates (subject to hydrolysis) is 1. The molecule has 51 heavy (non-hydrogen) atoms.